The van der Waals surface area contributed by atoms with E-state index in [1.165, 1.54) is 0 Å². The van der Waals surface area contributed by atoms with Gasteiger partial charge in [0.15, 0.2) is 0 Å². The number of aldehydes is 1. The van der Waals surface area contributed by atoms with Crippen molar-refractivity contribution < 1.29 is 4.79 Å². The molecule has 1 heteroatoms. The Labute approximate surface area is 80.8 Å². The number of carbonyl (C=O) groups excluding carboxylic acids is 1. The van der Waals surface area contributed by atoms with Gasteiger partial charge in [0.2, 0.25) is 0 Å². The van der Waals surface area contributed by atoms with Crippen molar-refractivity contribution in [3.63, 3.8) is 0 Å². The van der Waals surface area contributed by atoms with Crippen molar-refractivity contribution in [3.8, 4) is 0 Å². The van der Waals surface area contributed by atoms with Gasteiger partial charge in [-0.1, -0.05) is 44.4 Å². The fourth-order valence-corrected chi connectivity index (χ4v) is 1.09. The van der Waals surface area contributed by atoms with Crippen molar-refractivity contribution in [2.24, 2.45) is 5.41 Å². The maximum atomic E-state index is 10.4. The molecular formula is C12H18O. The zero-order valence-electron chi connectivity index (χ0n) is 8.33. The van der Waals surface area contributed by atoms with Crippen LogP contribution in [-0.4, -0.2) is 6.29 Å². The molecule has 1 aliphatic carbocycles. The van der Waals surface area contributed by atoms with E-state index in [-0.39, 0.29) is 5.41 Å². The molecule has 0 saturated heterocycles. The Morgan fingerprint density at radius 1 is 1.31 bits per heavy atom. The second-order valence-electron chi connectivity index (χ2n) is 3.46. The summed E-state index contributed by atoms with van der Waals surface area (Å²) in [6.45, 7) is 8.74. The fraction of sp³-hybridized carbons (Fsp3) is 0.417. The van der Waals surface area contributed by atoms with Crippen LogP contribution in [0.3, 0.4) is 0 Å². The summed E-state index contributed by atoms with van der Waals surface area (Å²) in [5.41, 5.74) is -0.0469. The molecule has 13 heavy (non-hydrogen) atoms. The highest BCUT2D eigenvalue weighted by Gasteiger charge is 2.22. The lowest BCUT2D eigenvalue weighted by Crippen LogP contribution is -2.18. The van der Waals surface area contributed by atoms with Gasteiger partial charge in [-0.25, -0.2) is 0 Å². The van der Waals surface area contributed by atoms with Crippen molar-refractivity contribution in [1.82, 2.24) is 0 Å². The summed E-state index contributed by atoms with van der Waals surface area (Å²) in [6.07, 6.45) is 11.6. The first-order chi connectivity index (χ1) is 6.18. The zero-order chi connectivity index (χ0) is 10.2. The van der Waals surface area contributed by atoms with E-state index in [1.54, 1.807) is 12.2 Å². The van der Waals surface area contributed by atoms with Gasteiger partial charge >= 0.3 is 0 Å². The Morgan fingerprint density at radius 2 is 1.92 bits per heavy atom. The normalized spacial score (nSPS) is 25.3. The van der Waals surface area contributed by atoms with E-state index in [1.807, 2.05) is 6.92 Å². The summed E-state index contributed by atoms with van der Waals surface area (Å²) < 4.78 is 0. The van der Waals surface area contributed by atoms with Crippen LogP contribution in [0.15, 0.2) is 37.5 Å². The van der Waals surface area contributed by atoms with Gasteiger partial charge in [0.05, 0.1) is 0 Å². The van der Waals surface area contributed by atoms with Crippen LogP contribution >= 0.6 is 0 Å². The molecule has 0 bridgehead atoms. The molecule has 0 aromatic heterocycles. The van der Waals surface area contributed by atoms with Gasteiger partial charge in [0, 0.05) is 5.41 Å². The van der Waals surface area contributed by atoms with E-state index < -0.39 is 0 Å². The second kappa shape index (κ2) is 6.41. The third-order valence-electron chi connectivity index (χ3n) is 2.08. The van der Waals surface area contributed by atoms with Crippen LogP contribution in [0, 0.1) is 5.41 Å². The standard InChI is InChI=1S/C8H12O.C4H6/c1-8(7-9)5-3-2-4-6-8;1-3-4-2/h2-3,7H,4-6H2,1H3;3-4H,1-2H2. The molecule has 72 valence electrons. The average Bonchev–Trinajstić information content (AvgIpc) is 2.20. The minimum Gasteiger partial charge on any atom is -0.303 e. The van der Waals surface area contributed by atoms with E-state index in [0.717, 1.165) is 25.5 Å². The van der Waals surface area contributed by atoms with Crippen molar-refractivity contribution >= 4 is 6.29 Å². The van der Waals surface area contributed by atoms with Crippen molar-refractivity contribution in [2.75, 3.05) is 0 Å². The third kappa shape index (κ3) is 5.18. The minimum atomic E-state index is -0.0469. The van der Waals surface area contributed by atoms with E-state index in [4.69, 9.17) is 0 Å². The van der Waals surface area contributed by atoms with Crippen LogP contribution in [0.4, 0.5) is 0 Å². The van der Waals surface area contributed by atoms with Gasteiger partial charge in [-0.15, -0.1) is 0 Å². The van der Waals surface area contributed by atoms with Gasteiger partial charge in [-0.2, -0.15) is 0 Å². The van der Waals surface area contributed by atoms with Gasteiger partial charge in [-0.3, -0.25) is 0 Å². The molecular weight excluding hydrogens is 160 g/mol. The predicted octanol–water partition coefficient (Wildman–Crippen LogP) is 3.29. The Kier molecular flexibility index (Phi) is 5.86. The molecule has 0 N–H and O–H groups in total. The van der Waals surface area contributed by atoms with E-state index in [0.29, 0.717) is 0 Å². The number of allylic oxidation sites excluding steroid dienone is 4. The van der Waals surface area contributed by atoms with Crippen LogP contribution in [0.5, 0.6) is 0 Å². The summed E-state index contributed by atoms with van der Waals surface area (Å²) >= 11 is 0. The summed E-state index contributed by atoms with van der Waals surface area (Å²) in [6, 6.07) is 0. The number of carbonyl (C=O) groups is 1. The summed E-state index contributed by atoms with van der Waals surface area (Å²) in [4.78, 5) is 10.4. The number of hydrogen-bond donors (Lipinski definition) is 0. The fourth-order valence-electron chi connectivity index (χ4n) is 1.09. The topological polar surface area (TPSA) is 17.1 Å². The lowest BCUT2D eigenvalue weighted by atomic mass is 9.81. The smallest absolute Gasteiger partial charge is 0.126 e. The van der Waals surface area contributed by atoms with Crippen LogP contribution < -0.4 is 0 Å². The maximum Gasteiger partial charge on any atom is 0.126 e. The SMILES string of the molecule is C=CC=C.CC1(C=O)CC=CCC1. The van der Waals surface area contributed by atoms with E-state index in [2.05, 4.69) is 25.3 Å². The first kappa shape index (κ1) is 11.9. The maximum absolute atomic E-state index is 10.4. The van der Waals surface area contributed by atoms with Crippen LogP contribution in [0.1, 0.15) is 26.2 Å². The first-order valence-corrected chi connectivity index (χ1v) is 4.53. The van der Waals surface area contributed by atoms with E-state index >= 15 is 0 Å². The molecule has 1 atom stereocenters. The lowest BCUT2D eigenvalue weighted by Gasteiger charge is -2.23. The van der Waals surface area contributed by atoms with Crippen LogP contribution in [-0.2, 0) is 4.79 Å². The van der Waals surface area contributed by atoms with Crippen molar-refractivity contribution in [2.45, 2.75) is 26.2 Å². The minimum absolute atomic E-state index is 0.0469. The summed E-state index contributed by atoms with van der Waals surface area (Å²) in [5.74, 6) is 0. The molecule has 1 aliphatic rings. The quantitative estimate of drug-likeness (QED) is 0.360. The van der Waals surface area contributed by atoms with Crippen LogP contribution in [0.2, 0.25) is 0 Å². The van der Waals surface area contributed by atoms with Crippen LogP contribution in [0.25, 0.3) is 0 Å². The van der Waals surface area contributed by atoms with Crippen molar-refractivity contribution in [3.05, 3.63) is 37.5 Å². The molecule has 0 amide bonds. The molecule has 0 aromatic carbocycles. The first-order valence-electron chi connectivity index (χ1n) is 4.53. The molecule has 0 fully saturated rings. The molecule has 1 rings (SSSR count). The Hall–Kier alpha value is -1.11. The molecule has 0 saturated carbocycles. The largest absolute Gasteiger partial charge is 0.303 e. The molecule has 0 aromatic rings. The molecule has 1 nitrogen and oxygen atoms in total. The molecule has 0 aliphatic heterocycles. The number of rotatable bonds is 2. The summed E-state index contributed by atoms with van der Waals surface area (Å²) in [5, 5.41) is 0. The van der Waals surface area contributed by atoms with E-state index in [9.17, 15) is 4.79 Å². The highest BCUT2D eigenvalue weighted by Crippen LogP contribution is 2.29. The summed E-state index contributed by atoms with van der Waals surface area (Å²) in [7, 11) is 0. The lowest BCUT2D eigenvalue weighted by molar-refractivity contribution is -0.115. The molecule has 0 heterocycles. The van der Waals surface area contributed by atoms with Gasteiger partial charge in [0.25, 0.3) is 0 Å². The highest BCUT2D eigenvalue weighted by molar-refractivity contribution is 5.59. The molecule has 0 radical (unpaired) electrons. The second-order valence-corrected chi connectivity index (χ2v) is 3.46. The molecule has 0 spiro atoms. The van der Waals surface area contributed by atoms with Crippen molar-refractivity contribution in [1.29, 1.82) is 0 Å². The monoisotopic (exact) mass is 178 g/mol. The third-order valence-corrected chi connectivity index (χ3v) is 2.08. The Bertz CT molecular complexity index is 197. The van der Waals surface area contributed by atoms with Gasteiger partial charge in [0.1, 0.15) is 6.29 Å². The predicted molar refractivity (Wildman–Crippen MR) is 57.6 cm³/mol. The van der Waals surface area contributed by atoms with Gasteiger partial charge in [-0.05, 0) is 19.3 Å². The number of hydrogen-bond acceptors (Lipinski definition) is 1. The average molecular weight is 178 g/mol. The Morgan fingerprint density at radius 3 is 2.15 bits per heavy atom. The zero-order valence-corrected chi connectivity index (χ0v) is 8.33. The highest BCUT2D eigenvalue weighted by atomic mass is 16.1. The van der Waals surface area contributed by atoms with Gasteiger partial charge < -0.3 is 4.79 Å². The Balaban J connectivity index is 0.000000310. The molecule has 1 unspecified atom stereocenters.